The van der Waals surface area contributed by atoms with E-state index in [0.717, 1.165) is 45.0 Å². The van der Waals surface area contributed by atoms with Gasteiger partial charge in [-0.1, -0.05) is 134 Å². The van der Waals surface area contributed by atoms with Gasteiger partial charge < -0.3 is 4.57 Å². The standard InChI is InChI=1S/C49H33N3S/c1-3-4-29-50-31(2)35-24-28-43-39(30-35)44-37-21-13-14-22-38(37)48-46(49(44)53-43)45-36-20-12-11-15-32(36)23-26-41(45)52(48)42-27-25-40(33-16-7-5-8-17-33)51-47(42)34-18-9-6-10-19-34/h3-30H,1H2,2H3/b29-4-,50-31?. The number of rotatable bonds is 6. The minimum Gasteiger partial charge on any atom is -0.306 e. The molecule has 10 aromatic rings. The molecule has 0 spiro atoms. The molecule has 7 aromatic carbocycles. The highest BCUT2D eigenvalue weighted by molar-refractivity contribution is 7.27. The van der Waals surface area contributed by atoms with Crippen molar-refractivity contribution >= 4 is 80.6 Å². The zero-order valence-electron chi connectivity index (χ0n) is 29.1. The van der Waals surface area contributed by atoms with Crippen LogP contribution in [-0.4, -0.2) is 15.3 Å². The predicted octanol–water partition coefficient (Wildman–Crippen LogP) is 13.7. The van der Waals surface area contributed by atoms with Gasteiger partial charge in [-0.05, 0) is 65.1 Å². The van der Waals surface area contributed by atoms with Crippen molar-refractivity contribution < 1.29 is 0 Å². The zero-order chi connectivity index (χ0) is 35.5. The van der Waals surface area contributed by atoms with E-state index in [9.17, 15) is 0 Å². The van der Waals surface area contributed by atoms with E-state index < -0.39 is 0 Å². The summed E-state index contributed by atoms with van der Waals surface area (Å²) < 4.78 is 5.04. The summed E-state index contributed by atoms with van der Waals surface area (Å²) >= 11 is 1.88. The molecule has 3 nitrogen and oxygen atoms in total. The lowest BCUT2D eigenvalue weighted by Crippen LogP contribution is -2.01. The highest BCUT2D eigenvalue weighted by Crippen LogP contribution is 2.50. The van der Waals surface area contributed by atoms with E-state index in [1.165, 1.54) is 58.0 Å². The number of allylic oxidation sites excluding steroid dienone is 2. The number of thiophene rings is 1. The molecule has 3 heterocycles. The van der Waals surface area contributed by atoms with Crippen molar-refractivity contribution in [3.63, 3.8) is 0 Å². The summed E-state index contributed by atoms with van der Waals surface area (Å²) in [6.45, 7) is 5.86. The van der Waals surface area contributed by atoms with Crippen LogP contribution in [0.2, 0.25) is 0 Å². The van der Waals surface area contributed by atoms with Gasteiger partial charge in [0.2, 0.25) is 0 Å². The molecule has 53 heavy (non-hydrogen) atoms. The molecule has 4 heteroatoms. The monoisotopic (exact) mass is 695 g/mol. The Morgan fingerprint density at radius 1 is 0.660 bits per heavy atom. The Hall–Kier alpha value is -6.62. The maximum Gasteiger partial charge on any atom is 0.0949 e. The first kappa shape index (κ1) is 31.1. The zero-order valence-corrected chi connectivity index (χ0v) is 29.9. The van der Waals surface area contributed by atoms with Gasteiger partial charge >= 0.3 is 0 Å². The van der Waals surface area contributed by atoms with Gasteiger partial charge in [0.15, 0.2) is 0 Å². The lowest BCUT2D eigenvalue weighted by Gasteiger charge is -2.16. The molecule has 3 aromatic heterocycles. The molecule has 0 unspecified atom stereocenters. The topological polar surface area (TPSA) is 30.2 Å². The number of benzene rings is 7. The fourth-order valence-electron chi connectivity index (χ4n) is 7.96. The van der Waals surface area contributed by atoms with Crippen molar-refractivity contribution in [1.29, 1.82) is 0 Å². The molecule has 0 saturated carbocycles. The lowest BCUT2D eigenvalue weighted by molar-refractivity contribution is 1.15. The van der Waals surface area contributed by atoms with E-state index in [1.54, 1.807) is 6.08 Å². The van der Waals surface area contributed by atoms with Crippen LogP contribution in [0.1, 0.15) is 12.5 Å². The first-order valence-corrected chi connectivity index (χ1v) is 18.7. The lowest BCUT2D eigenvalue weighted by atomic mass is 9.97. The van der Waals surface area contributed by atoms with E-state index >= 15 is 0 Å². The molecule has 250 valence electrons. The Balaban J connectivity index is 1.39. The quantitative estimate of drug-likeness (QED) is 0.126. The van der Waals surface area contributed by atoms with E-state index in [2.05, 4.69) is 170 Å². The Bertz CT molecular complexity index is 3130. The number of hydrogen-bond donors (Lipinski definition) is 0. The summed E-state index contributed by atoms with van der Waals surface area (Å²) in [4.78, 5) is 10.1. The summed E-state index contributed by atoms with van der Waals surface area (Å²) in [5, 5.41) is 10.0. The van der Waals surface area contributed by atoms with E-state index in [0.29, 0.717) is 0 Å². The van der Waals surface area contributed by atoms with Crippen molar-refractivity contribution in [2.75, 3.05) is 0 Å². The Labute approximate surface area is 311 Å². The SMILES string of the molecule is C=C/C=C\N=C(C)c1ccc2sc3c(c2c1)c1ccccc1c1c3c2c3ccccc3ccc2n1-c1ccc(-c2ccccc2)nc1-c1ccccc1. The number of fused-ring (bicyclic) bond motifs is 12. The van der Waals surface area contributed by atoms with Gasteiger partial charge in [-0.25, -0.2) is 4.98 Å². The van der Waals surface area contributed by atoms with Gasteiger partial charge in [0.25, 0.3) is 0 Å². The maximum atomic E-state index is 5.44. The van der Waals surface area contributed by atoms with Gasteiger partial charge in [-0.15, -0.1) is 11.3 Å². The van der Waals surface area contributed by atoms with Gasteiger partial charge in [-0.3, -0.25) is 4.99 Å². The van der Waals surface area contributed by atoms with Crippen molar-refractivity contribution in [2.45, 2.75) is 6.92 Å². The molecule has 0 aliphatic rings. The molecule has 0 bridgehead atoms. The summed E-state index contributed by atoms with van der Waals surface area (Å²) in [5.74, 6) is 0. The Kier molecular flexibility index (Phi) is 7.38. The second-order valence-corrected chi connectivity index (χ2v) is 14.4. The summed E-state index contributed by atoms with van der Waals surface area (Å²) in [7, 11) is 0. The van der Waals surface area contributed by atoms with Crippen LogP contribution in [0.4, 0.5) is 0 Å². The number of nitrogens with zero attached hydrogens (tertiary/aromatic N) is 3. The molecule has 0 amide bonds. The fourth-order valence-corrected chi connectivity index (χ4v) is 9.21. The van der Waals surface area contributed by atoms with Crippen LogP contribution in [0.5, 0.6) is 0 Å². The highest BCUT2D eigenvalue weighted by Gasteiger charge is 2.25. The normalized spacial score (nSPS) is 12.4. The van der Waals surface area contributed by atoms with Crippen LogP contribution in [0, 0.1) is 0 Å². The summed E-state index contributed by atoms with van der Waals surface area (Å²) in [6, 6.07) is 54.6. The van der Waals surface area contributed by atoms with Gasteiger partial charge in [0, 0.05) is 59.4 Å². The number of pyridine rings is 1. The molecule has 0 radical (unpaired) electrons. The molecule has 10 rings (SSSR count). The number of hydrogen-bond acceptors (Lipinski definition) is 3. The molecule has 0 aliphatic carbocycles. The van der Waals surface area contributed by atoms with Gasteiger partial charge in [0.1, 0.15) is 0 Å². The van der Waals surface area contributed by atoms with Gasteiger partial charge in [0.05, 0.1) is 28.1 Å². The summed E-state index contributed by atoms with van der Waals surface area (Å²) in [5.41, 5.74) is 9.57. The first-order valence-electron chi connectivity index (χ1n) is 17.9. The number of aromatic nitrogens is 2. The third-order valence-corrected chi connectivity index (χ3v) is 11.6. The molecule has 0 atom stereocenters. The second-order valence-electron chi connectivity index (χ2n) is 13.4. The van der Waals surface area contributed by atoms with Crippen LogP contribution in [0.15, 0.2) is 182 Å². The summed E-state index contributed by atoms with van der Waals surface area (Å²) in [6.07, 6.45) is 5.42. The van der Waals surface area contributed by atoms with Crippen molar-refractivity contribution in [3.8, 4) is 28.2 Å². The molecular weight excluding hydrogens is 663 g/mol. The van der Waals surface area contributed by atoms with Gasteiger partial charge in [-0.2, -0.15) is 0 Å². The van der Waals surface area contributed by atoms with Crippen molar-refractivity contribution in [3.05, 3.63) is 182 Å². The average molecular weight is 696 g/mol. The van der Waals surface area contributed by atoms with Crippen molar-refractivity contribution in [1.82, 2.24) is 9.55 Å². The molecule has 0 N–H and O–H groups in total. The third-order valence-electron chi connectivity index (χ3n) is 10.4. The average Bonchev–Trinajstić information content (AvgIpc) is 3.78. The molecule has 0 saturated heterocycles. The largest absolute Gasteiger partial charge is 0.306 e. The van der Waals surface area contributed by atoms with Crippen LogP contribution in [-0.2, 0) is 0 Å². The van der Waals surface area contributed by atoms with Crippen LogP contribution in [0.3, 0.4) is 0 Å². The number of aliphatic imine (C=N–C) groups is 1. The molecular formula is C49H33N3S. The van der Waals surface area contributed by atoms with Crippen LogP contribution in [0.25, 0.3) is 91.7 Å². The minimum absolute atomic E-state index is 0.948. The van der Waals surface area contributed by atoms with Crippen LogP contribution < -0.4 is 0 Å². The fraction of sp³-hybridized carbons (Fsp3) is 0.0204. The maximum absolute atomic E-state index is 5.44. The first-order chi connectivity index (χ1) is 26.2. The second kappa shape index (κ2) is 12.6. The predicted molar refractivity (Wildman–Crippen MR) is 229 cm³/mol. The van der Waals surface area contributed by atoms with Crippen LogP contribution >= 0.6 is 11.3 Å². The Morgan fingerprint density at radius 3 is 2.17 bits per heavy atom. The third kappa shape index (κ3) is 4.95. The van der Waals surface area contributed by atoms with E-state index in [-0.39, 0.29) is 0 Å². The highest BCUT2D eigenvalue weighted by atomic mass is 32.1. The van der Waals surface area contributed by atoms with E-state index in [4.69, 9.17) is 9.98 Å². The minimum atomic E-state index is 0.948. The Morgan fingerprint density at radius 2 is 1.38 bits per heavy atom. The molecule has 0 aliphatic heterocycles. The van der Waals surface area contributed by atoms with Crippen molar-refractivity contribution in [2.24, 2.45) is 4.99 Å². The smallest absolute Gasteiger partial charge is 0.0949 e. The molecule has 0 fully saturated rings. The van der Waals surface area contributed by atoms with E-state index in [1.807, 2.05) is 23.6 Å².